The van der Waals surface area contributed by atoms with Gasteiger partial charge in [0, 0.05) is 17.3 Å². The van der Waals surface area contributed by atoms with Gasteiger partial charge in [0.2, 0.25) is 0 Å². The predicted octanol–water partition coefficient (Wildman–Crippen LogP) is 2.00. The van der Waals surface area contributed by atoms with Gasteiger partial charge in [-0.2, -0.15) is 0 Å². The molecule has 4 amide bonds. The molecule has 0 fully saturated rings. The highest BCUT2D eigenvalue weighted by Gasteiger charge is 2.13. The van der Waals surface area contributed by atoms with Crippen LogP contribution in [0.25, 0.3) is 0 Å². The zero-order chi connectivity index (χ0) is 19.1. The minimum atomic E-state index is -0.651. The number of benzene rings is 2. The van der Waals surface area contributed by atoms with Gasteiger partial charge in [-0.25, -0.2) is 4.79 Å². The first-order chi connectivity index (χ1) is 12.4. The normalized spacial score (nSPS) is 10.1. The van der Waals surface area contributed by atoms with Crippen LogP contribution in [0.5, 0.6) is 5.75 Å². The molecule has 0 unspecified atom stereocenters. The van der Waals surface area contributed by atoms with Crippen LogP contribution in [0.4, 0.5) is 10.5 Å². The van der Waals surface area contributed by atoms with Gasteiger partial charge in [-0.05, 0) is 44.2 Å². The molecule has 0 heterocycles. The van der Waals surface area contributed by atoms with E-state index in [1.807, 2.05) is 13.8 Å². The highest BCUT2D eigenvalue weighted by Crippen LogP contribution is 2.15. The minimum Gasteiger partial charge on any atom is -0.507 e. The molecule has 0 aromatic heterocycles. The number of anilines is 1. The molecule has 0 aliphatic carbocycles. The molecule has 0 aliphatic heterocycles. The van der Waals surface area contributed by atoms with Crippen molar-refractivity contribution in [1.29, 1.82) is 0 Å². The second kappa shape index (κ2) is 8.52. The van der Waals surface area contributed by atoms with E-state index in [1.54, 1.807) is 24.3 Å². The summed E-state index contributed by atoms with van der Waals surface area (Å²) in [4.78, 5) is 35.8. The Labute approximate surface area is 150 Å². The van der Waals surface area contributed by atoms with Crippen molar-refractivity contribution in [2.45, 2.75) is 19.9 Å². The molecule has 8 nitrogen and oxygen atoms in total. The minimum absolute atomic E-state index is 0.0221. The van der Waals surface area contributed by atoms with Crippen LogP contribution in [-0.4, -0.2) is 29.0 Å². The Hall–Kier alpha value is -3.55. The highest BCUT2D eigenvalue weighted by atomic mass is 16.3. The smallest absolute Gasteiger partial charge is 0.319 e. The Morgan fingerprint density at radius 3 is 2.31 bits per heavy atom. The SMILES string of the molecule is CC(C)NC(=O)Nc1cccc(C(=O)NNC(=O)c2ccccc2O)c1. The lowest BCUT2D eigenvalue weighted by atomic mass is 10.2. The molecule has 2 aromatic carbocycles. The van der Waals surface area contributed by atoms with Crippen molar-refractivity contribution in [2.75, 3.05) is 5.32 Å². The van der Waals surface area contributed by atoms with Gasteiger partial charge in [0.05, 0.1) is 5.56 Å². The summed E-state index contributed by atoms with van der Waals surface area (Å²) in [5.74, 6) is -1.41. The predicted molar refractivity (Wildman–Crippen MR) is 96.8 cm³/mol. The standard InChI is InChI=1S/C18H20N4O4/c1-11(2)19-18(26)20-13-7-5-6-12(10-13)16(24)21-22-17(25)14-8-3-4-9-15(14)23/h3-11,23H,1-2H3,(H,21,24)(H,22,25)(H2,19,20,26). The van der Waals surface area contributed by atoms with Crippen LogP contribution in [0.1, 0.15) is 34.6 Å². The first-order valence-electron chi connectivity index (χ1n) is 7.93. The first-order valence-corrected chi connectivity index (χ1v) is 7.93. The molecule has 0 spiro atoms. The highest BCUT2D eigenvalue weighted by molar-refractivity contribution is 6.01. The number of nitrogens with one attached hydrogen (secondary N) is 4. The quantitative estimate of drug-likeness (QED) is 0.538. The van der Waals surface area contributed by atoms with Gasteiger partial charge in [-0.1, -0.05) is 18.2 Å². The van der Waals surface area contributed by atoms with Crippen molar-refractivity contribution in [2.24, 2.45) is 0 Å². The van der Waals surface area contributed by atoms with E-state index in [0.29, 0.717) is 5.69 Å². The number of hydrazine groups is 1. The third-order valence-corrected chi connectivity index (χ3v) is 3.24. The maximum atomic E-state index is 12.2. The number of carbonyl (C=O) groups excluding carboxylic acids is 3. The monoisotopic (exact) mass is 356 g/mol. The van der Waals surface area contributed by atoms with Crippen molar-refractivity contribution in [3.05, 3.63) is 59.7 Å². The lowest BCUT2D eigenvalue weighted by Gasteiger charge is -2.11. The van der Waals surface area contributed by atoms with E-state index in [0.717, 1.165) is 0 Å². The van der Waals surface area contributed by atoms with Crippen molar-refractivity contribution in [3.63, 3.8) is 0 Å². The topological polar surface area (TPSA) is 120 Å². The molecule has 136 valence electrons. The van der Waals surface area contributed by atoms with Gasteiger partial charge in [0.15, 0.2) is 0 Å². The maximum Gasteiger partial charge on any atom is 0.319 e. The van der Waals surface area contributed by atoms with Crippen LogP contribution in [0, 0.1) is 0 Å². The summed E-state index contributed by atoms with van der Waals surface area (Å²) in [5, 5.41) is 14.9. The first kappa shape index (κ1) is 18.8. The van der Waals surface area contributed by atoms with Crippen molar-refractivity contribution >= 4 is 23.5 Å². The fourth-order valence-corrected chi connectivity index (χ4v) is 2.09. The summed E-state index contributed by atoms with van der Waals surface area (Å²) in [7, 11) is 0. The van der Waals surface area contributed by atoms with Crippen molar-refractivity contribution in [3.8, 4) is 5.75 Å². The summed E-state index contributed by atoms with van der Waals surface area (Å²) in [5.41, 5.74) is 5.20. The van der Waals surface area contributed by atoms with E-state index in [-0.39, 0.29) is 28.9 Å². The Kier molecular flexibility index (Phi) is 6.15. The number of aromatic hydroxyl groups is 1. The van der Waals surface area contributed by atoms with Crippen LogP contribution in [0.3, 0.4) is 0 Å². The molecular weight excluding hydrogens is 336 g/mol. The zero-order valence-electron chi connectivity index (χ0n) is 14.4. The summed E-state index contributed by atoms with van der Waals surface area (Å²) < 4.78 is 0. The van der Waals surface area contributed by atoms with Gasteiger partial charge < -0.3 is 15.7 Å². The summed E-state index contributed by atoms with van der Waals surface area (Å²) in [6.45, 7) is 3.66. The molecule has 0 radical (unpaired) electrons. The van der Waals surface area contributed by atoms with Crippen LogP contribution in [-0.2, 0) is 0 Å². The number of carbonyl (C=O) groups is 3. The zero-order valence-corrected chi connectivity index (χ0v) is 14.4. The number of urea groups is 1. The van der Waals surface area contributed by atoms with Gasteiger partial charge in [-0.15, -0.1) is 0 Å². The van der Waals surface area contributed by atoms with E-state index in [1.165, 1.54) is 24.3 Å². The second-order valence-corrected chi connectivity index (χ2v) is 5.76. The molecule has 2 aromatic rings. The van der Waals surface area contributed by atoms with Gasteiger partial charge in [0.1, 0.15) is 5.75 Å². The van der Waals surface area contributed by atoms with Crippen LogP contribution in [0.2, 0.25) is 0 Å². The number of hydrogen-bond donors (Lipinski definition) is 5. The number of amides is 4. The molecular formula is C18H20N4O4. The number of phenols is 1. The summed E-state index contributed by atoms with van der Waals surface area (Å²) in [6.07, 6.45) is 0. The van der Waals surface area contributed by atoms with Crippen LogP contribution < -0.4 is 21.5 Å². The molecule has 8 heteroatoms. The van der Waals surface area contributed by atoms with Crippen LogP contribution in [0.15, 0.2) is 48.5 Å². The fraction of sp³-hybridized carbons (Fsp3) is 0.167. The molecule has 0 bridgehead atoms. The Bertz CT molecular complexity index is 820. The maximum absolute atomic E-state index is 12.2. The number of rotatable bonds is 4. The van der Waals surface area contributed by atoms with E-state index in [2.05, 4.69) is 21.5 Å². The lowest BCUT2D eigenvalue weighted by molar-refractivity contribution is 0.0845. The molecule has 5 N–H and O–H groups in total. The number of hydrogen-bond acceptors (Lipinski definition) is 4. The average molecular weight is 356 g/mol. The van der Waals surface area contributed by atoms with Gasteiger partial charge in [0.25, 0.3) is 11.8 Å². The Morgan fingerprint density at radius 2 is 1.62 bits per heavy atom. The molecule has 0 saturated heterocycles. The Morgan fingerprint density at radius 1 is 0.923 bits per heavy atom. The molecule has 2 rings (SSSR count). The number of phenolic OH excluding ortho intramolecular Hbond substituents is 1. The van der Waals surface area contributed by atoms with E-state index in [4.69, 9.17) is 0 Å². The van der Waals surface area contributed by atoms with E-state index >= 15 is 0 Å². The lowest BCUT2D eigenvalue weighted by Crippen LogP contribution is -2.41. The second-order valence-electron chi connectivity index (χ2n) is 5.76. The van der Waals surface area contributed by atoms with Gasteiger partial charge in [-0.3, -0.25) is 20.4 Å². The van der Waals surface area contributed by atoms with Crippen molar-refractivity contribution in [1.82, 2.24) is 16.2 Å². The number of para-hydroxylation sites is 1. The third-order valence-electron chi connectivity index (χ3n) is 3.24. The average Bonchev–Trinajstić information content (AvgIpc) is 2.59. The van der Waals surface area contributed by atoms with E-state index in [9.17, 15) is 19.5 Å². The van der Waals surface area contributed by atoms with E-state index < -0.39 is 11.8 Å². The molecule has 0 saturated carbocycles. The summed E-state index contributed by atoms with van der Waals surface area (Å²) in [6, 6.07) is 11.8. The molecule has 0 atom stereocenters. The Balaban J connectivity index is 1.97. The molecule has 0 aliphatic rings. The van der Waals surface area contributed by atoms with Crippen molar-refractivity contribution < 1.29 is 19.5 Å². The largest absolute Gasteiger partial charge is 0.507 e. The fourth-order valence-electron chi connectivity index (χ4n) is 2.09. The molecule has 26 heavy (non-hydrogen) atoms. The summed E-state index contributed by atoms with van der Waals surface area (Å²) >= 11 is 0. The van der Waals surface area contributed by atoms with Crippen LogP contribution >= 0.6 is 0 Å². The van der Waals surface area contributed by atoms with Gasteiger partial charge >= 0.3 is 6.03 Å². The third kappa shape index (κ3) is 5.23.